The summed E-state index contributed by atoms with van der Waals surface area (Å²) in [5.41, 5.74) is 2.88. The Balaban J connectivity index is 1.62. The Labute approximate surface area is 160 Å². The molecule has 0 bridgehead atoms. The number of benzene rings is 2. The minimum absolute atomic E-state index is 0.266. The molecule has 0 aliphatic heterocycles. The van der Waals surface area contributed by atoms with Crippen molar-refractivity contribution in [1.82, 2.24) is 19.7 Å². The molecular weight excluding hydrogens is 359 g/mol. The first-order valence-corrected chi connectivity index (χ1v) is 8.63. The largest absolute Gasteiger partial charge is 0.372 e. The van der Waals surface area contributed by atoms with Crippen molar-refractivity contribution in [2.24, 2.45) is 0 Å². The first-order valence-electron chi connectivity index (χ1n) is 8.63. The van der Waals surface area contributed by atoms with E-state index in [1.807, 2.05) is 28.9 Å². The first-order chi connectivity index (χ1) is 13.7. The van der Waals surface area contributed by atoms with Gasteiger partial charge in [0.25, 0.3) is 0 Å². The molecule has 0 radical (unpaired) electrons. The van der Waals surface area contributed by atoms with Crippen LogP contribution in [0.15, 0.2) is 55.0 Å². The van der Waals surface area contributed by atoms with E-state index in [-0.39, 0.29) is 5.82 Å². The molecule has 2 N–H and O–H groups in total. The van der Waals surface area contributed by atoms with E-state index in [1.54, 1.807) is 19.3 Å². The van der Waals surface area contributed by atoms with Gasteiger partial charge < -0.3 is 10.6 Å². The number of hydrogen-bond donors (Lipinski definition) is 2. The van der Waals surface area contributed by atoms with Gasteiger partial charge in [0.1, 0.15) is 23.8 Å². The molecule has 0 spiro atoms. The van der Waals surface area contributed by atoms with E-state index in [0.717, 1.165) is 22.2 Å². The van der Waals surface area contributed by atoms with Gasteiger partial charge in [0.05, 0.1) is 23.8 Å². The van der Waals surface area contributed by atoms with Crippen molar-refractivity contribution in [1.29, 1.82) is 0 Å². The minimum atomic E-state index is -0.266. The summed E-state index contributed by atoms with van der Waals surface area (Å²) in [5, 5.41) is 11.3. The molecule has 0 saturated carbocycles. The predicted molar refractivity (Wildman–Crippen MR) is 105 cm³/mol. The molecule has 7 nitrogen and oxygen atoms in total. The number of carbonyl (C=O) groups is 1. The van der Waals surface area contributed by atoms with E-state index in [1.165, 1.54) is 18.5 Å². The maximum Gasteiger partial charge on any atom is 0.157 e. The Morgan fingerprint density at radius 1 is 1.14 bits per heavy atom. The van der Waals surface area contributed by atoms with Crippen LogP contribution in [-0.4, -0.2) is 33.1 Å². The zero-order chi connectivity index (χ0) is 19.5. The Morgan fingerprint density at radius 3 is 2.79 bits per heavy atom. The second-order valence-corrected chi connectivity index (χ2v) is 6.18. The average Bonchev–Trinajstić information content (AvgIpc) is 3.09. The van der Waals surface area contributed by atoms with Crippen LogP contribution in [0.25, 0.3) is 10.9 Å². The molecule has 2 aromatic heterocycles. The lowest BCUT2D eigenvalue weighted by Gasteiger charge is -2.10. The molecule has 140 valence electrons. The molecule has 0 amide bonds. The summed E-state index contributed by atoms with van der Waals surface area (Å²) in [5.74, 6) is 0.606. The maximum atomic E-state index is 13.4. The number of hydrogen-bond acceptors (Lipinski definition) is 6. The summed E-state index contributed by atoms with van der Waals surface area (Å²) >= 11 is 0. The number of carbonyl (C=O) groups excluding carboxylic acids is 1. The lowest BCUT2D eigenvalue weighted by Crippen LogP contribution is -2.05. The van der Waals surface area contributed by atoms with Crippen molar-refractivity contribution in [3.63, 3.8) is 0 Å². The van der Waals surface area contributed by atoms with E-state index in [2.05, 4.69) is 25.7 Å². The summed E-state index contributed by atoms with van der Waals surface area (Å²) in [6, 6.07) is 12.2. The van der Waals surface area contributed by atoms with Crippen LogP contribution in [-0.2, 0) is 6.54 Å². The molecule has 8 heteroatoms. The van der Waals surface area contributed by atoms with Crippen molar-refractivity contribution in [2.75, 3.05) is 17.7 Å². The summed E-state index contributed by atoms with van der Waals surface area (Å²) in [4.78, 5) is 19.6. The summed E-state index contributed by atoms with van der Waals surface area (Å²) < 4.78 is 15.2. The number of anilines is 3. The van der Waals surface area contributed by atoms with Gasteiger partial charge in [0.2, 0.25) is 0 Å². The van der Waals surface area contributed by atoms with Gasteiger partial charge in [-0.2, -0.15) is 5.10 Å². The van der Waals surface area contributed by atoms with E-state index in [0.29, 0.717) is 30.0 Å². The first kappa shape index (κ1) is 17.6. The third-order valence-electron chi connectivity index (χ3n) is 4.36. The highest BCUT2D eigenvalue weighted by molar-refractivity contribution is 5.91. The van der Waals surface area contributed by atoms with Gasteiger partial charge in [0.15, 0.2) is 6.29 Å². The lowest BCUT2D eigenvalue weighted by molar-refractivity contribution is 0.112. The van der Waals surface area contributed by atoms with Gasteiger partial charge in [-0.25, -0.2) is 14.4 Å². The summed E-state index contributed by atoms with van der Waals surface area (Å²) in [7, 11) is 1.69. The minimum Gasteiger partial charge on any atom is -0.372 e. The zero-order valence-electron chi connectivity index (χ0n) is 15.1. The van der Waals surface area contributed by atoms with Crippen LogP contribution < -0.4 is 10.6 Å². The van der Waals surface area contributed by atoms with Crippen molar-refractivity contribution in [2.45, 2.75) is 6.54 Å². The van der Waals surface area contributed by atoms with Gasteiger partial charge in [-0.15, -0.1) is 0 Å². The number of aldehydes is 1. The second kappa shape index (κ2) is 7.43. The molecular formula is C20H17FN6O. The van der Waals surface area contributed by atoms with Gasteiger partial charge >= 0.3 is 0 Å². The number of halogens is 1. The molecule has 28 heavy (non-hydrogen) atoms. The number of nitrogens with one attached hydrogen (secondary N) is 2. The third-order valence-corrected chi connectivity index (χ3v) is 4.36. The fourth-order valence-corrected chi connectivity index (χ4v) is 3.04. The van der Waals surface area contributed by atoms with Crippen LogP contribution in [0.1, 0.15) is 15.9 Å². The SMILES string of the molecule is CNc1ncnc(Nc2ccc3c(cnn3Cc3cccc(F)c3)c2)c1C=O. The Hall–Kier alpha value is -3.81. The third kappa shape index (κ3) is 3.39. The van der Waals surface area contributed by atoms with Crippen LogP contribution >= 0.6 is 0 Å². The maximum absolute atomic E-state index is 13.4. The number of nitrogens with zero attached hydrogens (tertiary/aromatic N) is 4. The smallest absolute Gasteiger partial charge is 0.157 e. The predicted octanol–water partition coefficient (Wildman–Crippen LogP) is 3.61. The molecule has 4 aromatic rings. The molecule has 0 aliphatic carbocycles. The van der Waals surface area contributed by atoms with Crippen LogP contribution in [0, 0.1) is 5.82 Å². The average molecular weight is 376 g/mol. The molecule has 2 heterocycles. The Kier molecular flexibility index (Phi) is 4.67. The number of fused-ring (bicyclic) bond motifs is 1. The number of aromatic nitrogens is 4. The summed E-state index contributed by atoms with van der Waals surface area (Å²) in [6.45, 7) is 0.473. The Morgan fingerprint density at radius 2 is 2.00 bits per heavy atom. The van der Waals surface area contributed by atoms with E-state index < -0.39 is 0 Å². The standard InChI is InChI=1S/C20H17FN6O/c1-22-19-17(11-28)20(24-12-23-19)26-16-5-6-18-14(8-16)9-25-27(18)10-13-3-2-4-15(21)7-13/h2-9,11-12H,10H2,1H3,(H2,22,23,24,26). The molecule has 0 saturated heterocycles. The van der Waals surface area contributed by atoms with Gasteiger partial charge in [0, 0.05) is 18.1 Å². The zero-order valence-corrected chi connectivity index (χ0v) is 15.1. The molecule has 0 fully saturated rings. The van der Waals surface area contributed by atoms with E-state index in [4.69, 9.17) is 0 Å². The highest BCUT2D eigenvalue weighted by Crippen LogP contribution is 2.25. The van der Waals surface area contributed by atoms with Crippen LogP contribution in [0.3, 0.4) is 0 Å². The van der Waals surface area contributed by atoms with E-state index in [9.17, 15) is 9.18 Å². The highest BCUT2D eigenvalue weighted by atomic mass is 19.1. The monoisotopic (exact) mass is 376 g/mol. The number of rotatable bonds is 6. The Bertz CT molecular complexity index is 1160. The second-order valence-electron chi connectivity index (χ2n) is 6.18. The van der Waals surface area contributed by atoms with E-state index >= 15 is 0 Å². The van der Waals surface area contributed by atoms with Crippen molar-refractivity contribution >= 4 is 34.5 Å². The van der Waals surface area contributed by atoms with Crippen LogP contribution in [0.2, 0.25) is 0 Å². The highest BCUT2D eigenvalue weighted by Gasteiger charge is 2.11. The summed E-state index contributed by atoms with van der Waals surface area (Å²) in [6.07, 6.45) is 3.85. The molecule has 2 aromatic carbocycles. The van der Waals surface area contributed by atoms with Crippen molar-refractivity contribution < 1.29 is 9.18 Å². The van der Waals surface area contributed by atoms with Gasteiger partial charge in [-0.3, -0.25) is 9.48 Å². The quantitative estimate of drug-likeness (QED) is 0.500. The van der Waals surface area contributed by atoms with Gasteiger partial charge in [-0.05, 0) is 35.9 Å². The fraction of sp³-hybridized carbons (Fsp3) is 0.100. The molecule has 4 rings (SSSR count). The lowest BCUT2D eigenvalue weighted by atomic mass is 10.2. The van der Waals surface area contributed by atoms with Crippen molar-refractivity contribution in [3.05, 3.63) is 71.9 Å². The fourth-order valence-electron chi connectivity index (χ4n) is 3.04. The normalized spacial score (nSPS) is 10.8. The van der Waals surface area contributed by atoms with Crippen LogP contribution in [0.4, 0.5) is 21.7 Å². The molecule has 0 atom stereocenters. The topological polar surface area (TPSA) is 84.7 Å². The van der Waals surface area contributed by atoms with Crippen LogP contribution in [0.5, 0.6) is 0 Å². The molecule has 0 aliphatic rings. The van der Waals surface area contributed by atoms with Crippen molar-refractivity contribution in [3.8, 4) is 0 Å². The molecule has 0 unspecified atom stereocenters. The van der Waals surface area contributed by atoms with Gasteiger partial charge in [-0.1, -0.05) is 12.1 Å².